The van der Waals surface area contributed by atoms with E-state index in [1.807, 2.05) is 25.0 Å². The second-order valence-electron chi connectivity index (χ2n) is 7.30. The van der Waals surface area contributed by atoms with Gasteiger partial charge in [0.05, 0.1) is 17.8 Å². The number of nitrogens with zero attached hydrogens (tertiary/aromatic N) is 5. The minimum absolute atomic E-state index is 0.0364. The van der Waals surface area contributed by atoms with Crippen LogP contribution in [0, 0.1) is 17.2 Å². The molecular weight excluding hydrogens is 338 g/mol. The van der Waals surface area contributed by atoms with E-state index in [9.17, 15) is 4.79 Å². The van der Waals surface area contributed by atoms with Crippen molar-refractivity contribution in [3.63, 3.8) is 0 Å². The van der Waals surface area contributed by atoms with Crippen LogP contribution in [0.25, 0.3) is 0 Å². The molecule has 0 bridgehead atoms. The summed E-state index contributed by atoms with van der Waals surface area (Å²) in [5.41, 5.74) is 2.30. The van der Waals surface area contributed by atoms with Gasteiger partial charge in [-0.05, 0) is 50.0 Å². The first-order valence-electron chi connectivity index (χ1n) is 9.51. The average molecular weight is 365 g/mol. The number of aryl methyl sites for hydroxylation is 1. The van der Waals surface area contributed by atoms with E-state index in [1.54, 1.807) is 29.2 Å². The zero-order valence-corrected chi connectivity index (χ0v) is 16.3. The Morgan fingerprint density at radius 2 is 2.26 bits per heavy atom. The molecule has 0 saturated carbocycles. The lowest BCUT2D eigenvalue weighted by molar-refractivity contribution is 0.0589. The largest absolute Gasteiger partial charge is 0.341 e. The minimum Gasteiger partial charge on any atom is -0.341 e. The monoisotopic (exact) mass is 365 g/mol. The van der Waals surface area contributed by atoms with Crippen molar-refractivity contribution < 1.29 is 4.79 Å². The highest BCUT2D eigenvalue weighted by Gasteiger charge is 2.34. The van der Waals surface area contributed by atoms with Crippen LogP contribution >= 0.6 is 0 Å². The number of nitriles is 1. The fourth-order valence-electron chi connectivity index (χ4n) is 4.15. The molecule has 6 heteroatoms. The lowest BCUT2D eigenvalue weighted by Crippen LogP contribution is -2.43. The van der Waals surface area contributed by atoms with Gasteiger partial charge in [0.2, 0.25) is 0 Å². The number of piperidine rings is 1. The summed E-state index contributed by atoms with van der Waals surface area (Å²) in [6.45, 7) is 4.94. The Bertz CT molecular complexity index is 837. The van der Waals surface area contributed by atoms with Gasteiger partial charge in [0, 0.05) is 44.0 Å². The maximum atomic E-state index is 12.9. The number of carbonyl (C=O) groups excluding carboxylic acids is 1. The summed E-state index contributed by atoms with van der Waals surface area (Å²) in [6.07, 6.45) is 6.26. The molecular formula is C21H27N5O. The van der Waals surface area contributed by atoms with Crippen molar-refractivity contribution in [1.29, 1.82) is 5.26 Å². The van der Waals surface area contributed by atoms with E-state index in [0.717, 1.165) is 25.9 Å². The summed E-state index contributed by atoms with van der Waals surface area (Å²) in [4.78, 5) is 17.2. The Morgan fingerprint density at radius 3 is 2.93 bits per heavy atom. The van der Waals surface area contributed by atoms with Crippen molar-refractivity contribution >= 4 is 5.91 Å². The third-order valence-corrected chi connectivity index (χ3v) is 5.43. The van der Waals surface area contributed by atoms with Crippen LogP contribution in [0.4, 0.5) is 0 Å². The molecule has 1 saturated heterocycles. The molecule has 1 aromatic carbocycles. The maximum Gasteiger partial charge on any atom is 0.253 e. The highest BCUT2D eigenvalue weighted by Crippen LogP contribution is 2.36. The first kappa shape index (κ1) is 19.1. The second-order valence-corrected chi connectivity index (χ2v) is 7.30. The molecule has 2 atom stereocenters. The molecule has 27 heavy (non-hydrogen) atoms. The van der Waals surface area contributed by atoms with E-state index in [2.05, 4.69) is 29.2 Å². The molecule has 1 fully saturated rings. The van der Waals surface area contributed by atoms with Crippen molar-refractivity contribution in [1.82, 2.24) is 19.6 Å². The number of aromatic nitrogens is 2. The van der Waals surface area contributed by atoms with Gasteiger partial charge in [-0.1, -0.05) is 13.0 Å². The topological polar surface area (TPSA) is 65.2 Å². The van der Waals surface area contributed by atoms with Gasteiger partial charge in [-0.2, -0.15) is 10.4 Å². The molecule has 1 aliphatic heterocycles. The van der Waals surface area contributed by atoms with Crippen LogP contribution in [0.3, 0.4) is 0 Å². The fourth-order valence-corrected chi connectivity index (χ4v) is 4.15. The quantitative estimate of drug-likeness (QED) is 0.817. The Kier molecular flexibility index (Phi) is 5.92. The minimum atomic E-state index is -0.0364. The Labute approximate surface area is 161 Å². The summed E-state index contributed by atoms with van der Waals surface area (Å²) < 4.78 is 1.84. The number of amides is 1. The van der Waals surface area contributed by atoms with E-state index < -0.39 is 0 Å². The van der Waals surface area contributed by atoms with Gasteiger partial charge in [0.1, 0.15) is 0 Å². The van der Waals surface area contributed by atoms with Crippen molar-refractivity contribution in [2.45, 2.75) is 25.8 Å². The van der Waals surface area contributed by atoms with Gasteiger partial charge >= 0.3 is 0 Å². The summed E-state index contributed by atoms with van der Waals surface area (Å²) in [6, 6.07) is 9.29. The molecule has 0 unspecified atom stereocenters. The standard InChI is InChI=1S/C21H27N5O/c1-4-26-10-6-9-18(20(26)19-13-23-25(3)15-19)14-24(2)21(27)17-8-5-7-16(11-17)12-22/h5,7-8,11,13,15,18,20H,4,6,9-10,14H2,1-3H3/t18-,20+/m0/s1. The summed E-state index contributed by atoms with van der Waals surface area (Å²) in [5, 5.41) is 13.4. The van der Waals surface area contributed by atoms with Crippen molar-refractivity contribution in [3.05, 3.63) is 53.3 Å². The second kappa shape index (κ2) is 8.36. The maximum absolute atomic E-state index is 12.9. The van der Waals surface area contributed by atoms with E-state index in [1.165, 1.54) is 5.56 Å². The Morgan fingerprint density at radius 1 is 1.44 bits per heavy atom. The third kappa shape index (κ3) is 4.20. The number of hydrogen-bond acceptors (Lipinski definition) is 4. The molecule has 1 aliphatic rings. The SMILES string of the molecule is CCN1CCC[C@@H](CN(C)C(=O)c2cccc(C#N)c2)[C@@H]1c1cnn(C)c1. The van der Waals surface area contributed by atoms with Gasteiger partial charge in [0.15, 0.2) is 0 Å². The lowest BCUT2D eigenvalue weighted by atomic mass is 9.85. The van der Waals surface area contributed by atoms with E-state index in [-0.39, 0.29) is 11.9 Å². The molecule has 3 rings (SSSR count). The number of likely N-dealkylation sites (tertiary alicyclic amines) is 1. The molecule has 0 aliphatic carbocycles. The van der Waals surface area contributed by atoms with Gasteiger partial charge in [-0.3, -0.25) is 14.4 Å². The van der Waals surface area contributed by atoms with Crippen LogP contribution in [0.5, 0.6) is 0 Å². The number of benzene rings is 1. The van der Waals surface area contributed by atoms with Crippen LogP contribution in [0.15, 0.2) is 36.7 Å². The Hall–Kier alpha value is -2.65. The lowest BCUT2D eigenvalue weighted by Gasteiger charge is -2.42. The third-order valence-electron chi connectivity index (χ3n) is 5.43. The van der Waals surface area contributed by atoms with E-state index in [0.29, 0.717) is 23.6 Å². The van der Waals surface area contributed by atoms with Crippen molar-refractivity contribution in [2.24, 2.45) is 13.0 Å². The first-order valence-corrected chi connectivity index (χ1v) is 9.51. The van der Waals surface area contributed by atoms with Crippen LogP contribution in [-0.2, 0) is 7.05 Å². The number of carbonyl (C=O) groups is 1. The molecule has 142 valence electrons. The van der Waals surface area contributed by atoms with Gasteiger partial charge in [-0.15, -0.1) is 0 Å². The molecule has 1 amide bonds. The number of rotatable bonds is 5. The first-order chi connectivity index (χ1) is 13.0. The predicted octanol–water partition coefficient (Wildman–Crippen LogP) is 2.84. The fraction of sp³-hybridized carbons (Fsp3) is 0.476. The smallest absolute Gasteiger partial charge is 0.253 e. The molecule has 2 aromatic rings. The molecule has 0 N–H and O–H groups in total. The highest BCUT2D eigenvalue weighted by molar-refractivity contribution is 5.94. The summed E-state index contributed by atoms with van der Waals surface area (Å²) in [7, 11) is 3.79. The highest BCUT2D eigenvalue weighted by atomic mass is 16.2. The molecule has 2 heterocycles. The average Bonchev–Trinajstić information content (AvgIpc) is 3.12. The summed E-state index contributed by atoms with van der Waals surface area (Å²) in [5.74, 6) is 0.321. The van der Waals surface area contributed by atoms with Gasteiger partial charge < -0.3 is 4.90 Å². The molecule has 1 aromatic heterocycles. The Balaban J connectivity index is 1.78. The zero-order chi connectivity index (χ0) is 19.4. The van der Waals surface area contributed by atoms with Crippen molar-refractivity contribution in [3.8, 4) is 6.07 Å². The van der Waals surface area contributed by atoms with Gasteiger partial charge in [-0.25, -0.2) is 0 Å². The number of hydrogen-bond donors (Lipinski definition) is 0. The van der Waals surface area contributed by atoms with Gasteiger partial charge in [0.25, 0.3) is 5.91 Å². The van der Waals surface area contributed by atoms with Crippen LogP contribution < -0.4 is 0 Å². The molecule has 6 nitrogen and oxygen atoms in total. The molecule has 0 radical (unpaired) electrons. The van der Waals surface area contributed by atoms with Crippen molar-refractivity contribution in [2.75, 3.05) is 26.7 Å². The zero-order valence-electron chi connectivity index (χ0n) is 16.3. The summed E-state index contributed by atoms with van der Waals surface area (Å²) >= 11 is 0. The van der Waals surface area contributed by atoms with E-state index in [4.69, 9.17) is 5.26 Å². The normalized spacial score (nSPS) is 20.2. The van der Waals surface area contributed by atoms with E-state index >= 15 is 0 Å². The van der Waals surface area contributed by atoms with Crippen LogP contribution in [0.2, 0.25) is 0 Å². The van der Waals surface area contributed by atoms with Crippen LogP contribution in [0.1, 0.15) is 47.3 Å². The molecule has 0 spiro atoms. The van der Waals surface area contributed by atoms with Crippen LogP contribution in [-0.4, -0.2) is 52.2 Å². The predicted molar refractivity (Wildman–Crippen MR) is 104 cm³/mol.